The molecule has 0 spiro atoms. The summed E-state index contributed by atoms with van der Waals surface area (Å²) in [5.41, 5.74) is 3.57. The normalized spacial score (nSPS) is 17.7. The van der Waals surface area contributed by atoms with E-state index in [1.54, 1.807) is 0 Å². The van der Waals surface area contributed by atoms with E-state index in [1.807, 2.05) is 0 Å². The Kier molecular flexibility index (Phi) is 2.85. The van der Waals surface area contributed by atoms with Crippen LogP contribution in [0.2, 0.25) is 0 Å². The van der Waals surface area contributed by atoms with E-state index in [4.69, 9.17) is 4.98 Å². The van der Waals surface area contributed by atoms with Crippen molar-refractivity contribution in [2.45, 2.75) is 26.2 Å². The van der Waals surface area contributed by atoms with Crippen LogP contribution in [0.25, 0.3) is 11.0 Å². The number of imidazole rings is 1. The molecule has 2 aromatic rings. The molecule has 1 fully saturated rings. The fourth-order valence-corrected chi connectivity index (χ4v) is 2.68. The van der Waals surface area contributed by atoms with Gasteiger partial charge in [0.15, 0.2) is 0 Å². The lowest BCUT2D eigenvalue weighted by Gasteiger charge is -2.21. The number of hydrogen-bond acceptors (Lipinski definition) is 2. The second-order valence-corrected chi connectivity index (χ2v) is 5.05. The molecule has 1 aromatic heterocycles. The predicted molar refractivity (Wildman–Crippen MR) is 70.1 cm³/mol. The van der Waals surface area contributed by atoms with Crippen molar-refractivity contribution in [2.75, 3.05) is 13.1 Å². The number of aromatic amines is 1. The summed E-state index contributed by atoms with van der Waals surface area (Å²) in [5, 5.41) is 3.41. The molecular formula is C14H19N3. The third-order valence-corrected chi connectivity index (χ3v) is 3.70. The first-order valence-electron chi connectivity index (χ1n) is 6.48. The second-order valence-electron chi connectivity index (χ2n) is 5.05. The van der Waals surface area contributed by atoms with Gasteiger partial charge in [0.25, 0.3) is 0 Å². The summed E-state index contributed by atoms with van der Waals surface area (Å²) in [6.45, 7) is 4.44. The summed E-state index contributed by atoms with van der Waals surface area (Å²) in [5.74, 6) is 1.94. The van der Waals surface area contributed by atoms with Crippen molar-refractivity contribution in [3.8, 4) is 0 Å². The van der Waals surface area contributed by atoms with Gasteiger partial charge in [-0.2, -0.15) is 0 Å². The number of H-pyrrole nitrogens is 1. The maximum atomic E-state index is 4.73. The van der Waals surface area contributed by atoms with Crippen LogP contribution in [-0.2, 0) is 6.42 Å². The molecule has 17 heavy (non-hydrogen) atoms. The fraction of sp³-hybridized carbons (Fsp3) is 0.500. The van der Waals surface area contributed by atoms with Gasteiger partial charge in [-0.25, -0.2) is 4.98 Å². The standard InChI is InChI=1S/C14H19N3/c1-10-3-2-4-12-14(10)17-13(16-12)9-11-5-7-15-8-6-11/h2-4,11,15H,5-9H2,1H3,(H,16,17). The van der Waals surface area contributed by atoms with Crippen molar-refractivity contribution < 1.29 is 0 Å². The lowest BCUT2D eigenvalue weighted by molar-refractivity contribution is 0.368. The van der Waals surface area contributed by atoms with Gasteiger partial charge in [-0.05, 0) is 50.4 Å². The highest BCUT2D eigenvalue weighted by molar-refractivity contribution is 5.78. The van der Waals surface area contributed by atoms with Crippen molar-refractivity contribution in [1.29, 1.82) is 0 Å². The zero-order valence-corrected chi connectivity index (χ0v) is 10.3. The number of rotatable bonds is 2. The minimum absolute atomic E-state index is 0.789. The van der Waals surface area contributed by atoms with E-state index in [0.717, 1.165) is 36.8 Å². The van der Waals surface area contributed by atoms with E-state index in [1.165, 1.54) is 23.9 Å². The first kappa shape index (κ1) is 10.8. The summed E-state index contributed by atoms with van der Waals surface area (Å²) in [7, 11) is 0. The number of fused-ring (bicyclic) bond motifs is 1. The van der Waals surface area contributed by atoms with Crippen LogP contribution in [0.5, 0.6) is 0 Å². The number of nitrogens with one attached hydrogen (secondary N) is 2. The van der Waals surface area contributed by atoms with E-state index >= 15 is 0 Å². The van der Waals surface area contributed by atoms with Crippen LogP contribution in [0.15, 0.2) is 18.2 Å². The molecule has 0 atom stereocenters. The number of benzene rings is 1. The van der Waals surface area contributed by atoms with Gasteiger partial charge >= 0.3 is 0 Å². The van der Waals surface area contributed by atoms with Gasteiger partial charge in [0, 0.05) is 6.42 Å². The monoisotopic (exact) mass is 229 g/mol. The van der Waals surface area contributed by atoms with Crippen LogP contribution in [-0.4, -0.2) is 23.1 Å². The van der Waals surface area contributed by atoms with Crippen molar-refractivity contribution in [2.24, 2.45) is 5.92 Å². The number of piperidine rings is 1. The zero-order valence-electron chi connectivity index (χ0n) is 10.3. The average Bonchev–Trinajstić information content (AvgIpc) is 2.74. The molecule has 90 valence electrons. The number of nitrogens with zero attached hydrogens (tertiary/aromatic N) is 1. The molecule has 0 radical (unpaired) electrons. The van der Waals surface area contributed by atoms with Gasteiger partial charge < -0.3 is 10.3 Å². The van der Waals surface area contributed by atoms with Crippen LogP contribution in [0.1, 0.15) is 24.2 Å². The molecule has 1 saturated heterocycles. The van der Waals surface area contributed by atoms with Crippen molar-refractivity contribution in [3.05, 3.63) is 29.6 Å². The predicted octanol–water partition coefficient (Wildman–Crippen LogP) is 2.41. The van der Waals surface area contributed by atoms with Crippen molar-refractivity contribution in [1.82, 2.24) is 15.3 Å². The topological polar surface area (TPSA) is 40.7 Å². The Morgan fingerprint density at radius 1 is 1.29 bits per heavy atom. The molecule has 0 unspecified atom stereocenters. The van der Waals surface area contributed by atoms with E-state index in [2.05, 4.69) is 35.4 Å². The SMILES string of the molecule is Cc1cccc2[nH]c(CC3CCNCC3)nc12. The Bertz CT molecular complexity index is 509. The van der Waals surface area contributed by atoms with Gasteiger partial charge in [0.1, 0.15) is 5.82 Å². The Balaban J connectivity index is 1.83. The molecule has 3 heteroatoms. The molecule has 0 bridgehead atoms. The van der Waals surface area contributed by atoms with E-state index in [9.17, 15) is 0 Å². The van der Waals surface area contributed by atoms with Crippen LogP contribution < -0.4 is 5.32 Å². The van der Waals surface area contributed by atoms with Crippen LogP contribution in [0, 0.1) is 12.8 Å². The van der Waals surface area contributed by atoms with Crippen LogP contribution >= 0.6 is 0 Å². The molecule has 1 aliphatic heterocycles. The van der Waals surface area contributed by atoms with Crippen molar-refractivity contribution >= 4 is 11.0 Å². The van der Waals surface area contributed by atoms with E-state index in [0.29, 0.717) is 0 Å². The highest BCUT2D eigenvalue weighted by atomic mass is 14.9. The first-order chi connectivity index (χ1) is 8.33. The van der Waals surface area contributed by atoms with Crippen LogP contribution in [0.3, 0.4) is 0 Å². The maximum absolute atomic E-state index is 4.73. The zero-order chi connectivity index (χ0) is 11.7. The molecule has 1 aliphatic rings. The molecule has 0 amide bonds. The largest absolute Gasteiger partial charge is 0.342 e. The Morgan fingerprint density at radius 3 is 2.88 bits per heavy atom. The minimum Gasteiger partial charge on any atom is -0.342 e. The van der Waals surface area contributed by atoms with Crippen molar-refractivity contribution in [3.63, 3.8) is 0 Å². The van der Waals surface area contributed by atoms with E-state index in [-0.39, 0.29) is 0 Å². The third-order valence-electron chi connectivity index (χ3n) is 3.70. The summed E-state index contributed by atoms with van der Waals surface area (Å²) in [4.78, 5) is 8.18. The smallest absolute Gasteiger partial charge is 0.107 e. The average molecular weight is 229 g/mol. The molecule has 0 saturated carbocycles. The number of aromatic nitrogens is 2. The Morgan fingerprint density at radius 2 is 2.12 bits per heavy atom. The van der Waals surface area contributed by atoms with Gasteiger partial charge in [-0.3, -0.25) is 0 Å². The van der Waals surface area contributed by atoms with Gasteiger partial charge in [-0.15, -0.1) is 0 Å². The lowest BCUT2D eigenvalue weighted by Crippen LogP contribution is -2.28. The minimum atomic E-state index is 0.789. The third kappa shape index (κ3) is 2.20. The molecule has 3 nitrogen and oxygen atoms in total. The second kappa shape index (κ2) is 4.49. The molecule has 1 aromatic carbocycles. The van der Waals surface area contributed by atoms with Gasteiger partial charge in [0.05, 0.1) is 11.0 Å². The Hall–Kier alpha value is -1.35. The summed E-state index contributed by atoms with van der Waals surface area (Å²) < 4.78 is 0. The van der Waals surface area contributed by atoms with Gasteiger partial charge in [-0.1, -0.05) is 12.1 Å². The number of hydrogen-bond donors (Lipinski definition) is 2. The number of para-hydroxylation sites is 1. The lowest BCUT2D eigenvalue weighted by atomic mass is 9.94. The summed E-state index contributed by atoms with van der Waals surface area (Å²) in [6.07, 6.45) is 3.64. The highest BCUT2D eigenvalue weighted by Crippen LogP contribution is 2.20. The summed E-state index contributed by atoms with van der Waals surface area (Å²) in [6, 6.07) is 6.32. The molecule has 2 N–H and O–H groups in total. The quantitative estimate of drug-likeness (QED) is 0.830. The first-order valence-corrected chi connectivity index (χ1v) is 6.48. The van der Waals surface area contributed by atoms with Gasteiger partial charge in [0.2, 0.25) is 0 Å². The Labute approximate surface area is 102 Å². The molecule has 0 aliphatic carbocycles. The molecular weight excluding hydrogens is 210 g/mol. The summed E-state index contributed by atoms with van der Waals surface area (Å²) >= 11 is 0. The van der Waals surface area contributed by atoms with Crippen LogP contribution in [0.4, 0.5) is 0 Å². The molecule has 3 rings (SSSR count). The molecule has 2 heterocycles. The maximum Gasteiger partial charge on any atom is 0.107 e. The number of aryl methyl sites for hydroxylation is 1. The highest BCUT2D eigenvalue weighted by Gasteiger charge is 2.15. The van der Waals surface area contributed by atoms with E-state index < -0.39 is 0 Å². The fourth-order valence-electron chi connectivity index (χ4n) is 2.68.